The normalized spacial score (nSPS) is 10.6. The molecule has 0 aliphatic heterocycles. The maximum absolute atomic E-state index is 12.0. The van der Waals surface area contributed by atoms with Gasteiger partial charge in [0.2, 0.25) is 0 Å². The fourth-order valence-corrected chi connectivity index (χ4v) is 1.70. The van der Waals surface area contributed by atoms with Gasteiger partial charge in [0.1, 0.15) is 17.4 Å². The van der Waals surface area contributed by atoms with Gasteiger partial charge in [-0.1, -0.05) is 17.7 Å². The van der Waals surface area contributed by atoms with Crippen LogP contribution in [0.1, 0.15) is 5.56 Å². The highest BCUT2D eigenvalue weighted by molar-refractivity contribution is 6.06. The number of benzene rings is 2. The van der Waals surface area contributed by atoms with Gasteiger partial charge in [0.25, 0.3) is 5.91 Å². The molecule has 0 atom stereocenters. The zero-order valence-corrected chi connectivity index (χ0v) is 12.0. The molecule has 3 N–H and O–H groups in total. The number of phenolic OH excluding ortho intramolecular Hbond substituents is 1. The van der Waals surface area contributed by atoms with Gasteiger partial charge in [-0.3, -0.25) is 4.79 Å². The maximum atomic E-state index is 12.0. The van der Waals surface area contributed by atoms with E-state index in [1.165, 1.54) is 18.3 Å². The third kappa shape index (κ3) is 4.12. The number of hydrogen-bond donors (Lipinski definition) is 3. The Bertz CT molecular complexity index is 726. The quantitative estimate of drug-likeness (QED) is 0.459. The highest BCUT2D eigenvalue weighted by atomic mass is 16.3. The van der Waals surface area contributed by atoms with Crippen molar-refractivity contribution in [3.05, 3.63) is 65.9 Å². The molecule has 0 spiro atoms. The molecule has 0 unspecified atom stereocenters. The van der Waals surface area contributed by atoms with E-state index in [0.29, 0.717) is 5.69 Å². The van der Waals surface area contributed by atoms with Crippen LogP contribution in [-0.4, -0.2) is 11.0 Å². The van der Waals surface area contributed by atoms with Crippen molar-refractivity contribution in [2.45, 2.75) is 6.92 Å². The molecule has 0 aliphatic rings. The van der Waals surface area contributed by atoms with Crippen LogP contribution >= 0.6 is 0 Å². The van der Waals surface area contributed by atoms with Crippen LogP contribution in [0, 0.1) is 18.3 Å². The maximum Gasteiger partial charge on any atom is 0.267 e. The number of aromatic hydroxyl groups is 1. The lowest BCUT2D eigenvalue weighted by atomic mass is 10.2. The van der Waals surface area contributed by atoms with Crippen LogP contribution < -0.4 is 10.6 Å². The van der Waals surface area contributed by atoms with Crippen molar-refractivity contribution in [2.75, 3.05) is 10.6 Å². The van der Waals surface area contributed by atoms with Gasteiger partial charge < -0.3 is 15.7 Å². The van der Waals surface area contributed by atoms with Crippen LogP contribution in [0.25, 0.3) is 0 Å². The third-order valence-electron chi connectivity index (χ3n) is 2.92. The lowest BCUT2D eigenvalue weighted by Gasteiger charge is -2.05. The van der Waals surface area contributed by atoms with E-state index in [1.54, 1.807) is 12.1 Å². The van der Waals surface area contributed by atoms with Crippen LogP contribution in [0.2, 0.25) is 0 Å². The van der Waals surface area contributed by atoms with Crippen molar-refractivity contribution >= 4 is 17.3 Å². The Balaban J connectivity index is 2.05. The number of phenols is 1. The number of nitrogens with one attached hydrogen (secondary N) is 2. The minimum absolute atomic E-state index is 0.0475. The van der Waals surface area contributed by atoms with Crippen LogP contribution in [0.15, 0.2) is 60.3 Å². The van der Waals surface area contributed by atoms with E-state index in [2.05, 4.69) is 10.6 Å². The second kappa shape index (κ2) is 6.95. The summed E-state index contributed by atoms with van der Waals surface area (Å²) in [5.41, 5.74) is 2.36. The molecule has 0 heterocycles. The molecule has 0 radical (unpaired) electrons. The van der Waals surface area contributed by atoms with Gasteiger partial charge in [0.15, 0.2) is 0 Å². The molecule has 2 aromatic rings. The Kier molecular flexibility index (Phi) is 4.78. The topological polar surface area (TPSA) is 85.2 Å². The number of aryl methyl sites for hydroxylation is 1. The molecular weight excluding hydrogens is 278 g/mol. The number of carbonyl (C=O) groups is 1. The zero-order valence-electron chi connectivity index (χ0n) is 12.0. The van der Waals surface area contributed by atoms with Crippen LogP contribution in [-0.2, 0) is 4.79 Å². The Morgan fingerprint density at radius 1 is 1.09 bits per heavy atom. The van der Waals surface area contributed by atoms with Crippen molar-refractivity contribution in [3.8, 4) is 11.8 Å². The first-order valence-electron chi connectivity index (χ1n) is 6.62. The number of hydrogen-bond acceptors (Lipinski definition) is 4. The van der Waals surface area contributed by atoms with E-state index in [9.17, 15) is 9.90 Å². The number of carbonyl (C=O) groups excluding carboxylic acids is 1. The molecule has 0 saturated heterocycles. The predicted molar refractivity (Wildman–Crippen MR) is 85.2 cm³/mol. The van der Waals surface area contributed by atoms with Gasteiger partial charge >= 0.3 is 0 Å². The minimum Gasteiger partial charge on any atom is -0.508 e. The van der Waals surface area contributed by atoms with Crippen LogP contribution in [0.4, 0.5) is 11.4 Å². The Morgan fingerprint density at radius 3 is 2.27 bits per heavy atom. The third-order valence-corrected chi connectivity index (χ3v) is 2.92. The molecule has 0 bridgehead atoms. The van der Waals surface area contributed by atoms with E-state index < -0.39 is 5.91 Å². The van der Waals surface area contributed by atoms with Crippen molar-refractivity contribution in [1.82, 2.24) is 0 Å². The molecular formula is C17H15N3O2. The number of rotatable bonds is 4. The average Bonchev–Trinajstić information content (AvgIpc) is 2.52. The predicted octanol–water partition coefficient (Wildman–Crippen LogP) is 3.16. The summed E-state index contributed by atoms with van der Waals surface area (Å²) in [6, 6.07) is 15.4. The van der Waals surface area contributed by atoms with Crippen molar-refractivity contribution in [2.24, 2.45) is 0 Å². The SMILES string of the molecule is Cc1ccc(N/C=C(/C#N)C(=O)Nc2ccc(O)cc2)cc1. The van der Waals surface area contributed by atoms with Gasteiger partial charge in [0.05, 0.1) is 0 Å². The number of amides is 1. The van der Waals surface area contributed by atoms with Crippen LogP contribution in [0.3, 0.4) is 0 Å². The first-order chi connectivity index (χ1) is 10.6. The Hall–Kier alpha value is -3.26. The summed E-state index contributed by atoms with van der Waals surface area (Å²) in [6.45, 7) is 1.98. The smallest absolute Gasteiger partial charge is 0.267 e. The van der Waals surface area contributed by atoms with Gasteiger partial charge in [0, 0.05) is 17.6 Å². The summed E-state index contributed by atoms with van der Waals surface area (Å²) in [5, 5.41) is 23.8. The van der Waals surface area contributed by atoms with Gasteiger partial charge in [-0.05, 0) is 43.3 Å². The Labute approximate surface area is 128 Å². The van der Waals surface area contributed by atoms with E-state index in [1.807, 2.05) is 37.3 Å². The van der Waals surface area contributed by atoms with Crippen molar-refractivity contribution in [1.29, 1.82) is 5.26 Å². The summed E-state index contributed by atoms with van der Waals surface area (Å²) in [6.07, 6.45) is 1.36. The molecule has 0 aliphatic carbocycles. The average molecular weight is 293 g/mol. The van der Waals surface area contributed by atoms with Gasteiger partial charge in [-0.15, -0.1) is 0 Å². The van der Waals surface area contributed by atoms with E-state index in [-0.39, 0.29) is 11.3 Å². The first-order valence-corrected chi connectivity index (χ1v) is 6.62. The highest BCUT2D eigenvalue weighted by Crippen LogP contribution is 2.15. The summed E-state index contributed by atoms with van der Waals surface area (Å²) in [5.74, 6) is -0.414. The highest BCUT2D eigenvalue weighted by Gasteiger charge is 2.09. The molecule has 0 aromatic heterocycles. The summed E-state index contributed by atoms with van der Waals surface area (Å²) in [4.78, 5) is 12.0. The van der Waals surface area contributed by atoms with E-state index >= 15 is 0 Å². The standard InChI is InChI=1S/C17H15N3O2/c1-12-2-4-14(5-3-12)19-11-13(10-18)17(22)20-15-6-8-16(21)9-7-15/h2-9,11,19,21H,1H3,(H,20,22)/b13-11-. The summed E-state index contributed by atoms with van der Waals surface area (Å²) in [7, 11) is 0. The van der Waals surface area contributed by atoms with Crippen molar-refractivity contribution in [3.63, 3.8) is 0 Å². The monoisotopic (exact) mass is 293 g/mol. The molecule has 2 aromatic carbocycles. The lowest BCUT2D eigenvalue weighted by molar-refractivity contribution is -0.112. The molecule has 5 heteroatoms. The molecule has 0 saturated carbocycles. The lowest BCUT2D eigenvalue weighted by Crippen LogP contribution is -2.14. The fraction of sp³-hybridized carbons (Fsp3) is 0.0588. The molecule has 5 nitrogen and oxygen atoms in total. The molecule has 22 heavy (non-hydrogen) atoms. The van der Waals surface area contributed by atoms with Gasteiger partial charge in [-0.25, -0.2) is 0 Å². The minimum atomic E-state index is -0.521. The number of anilines is 2. The largest absolute Gasteiger partial charge is 0.508 e. The van der Waals surface area contributed by atoms with E-state index in [0.717, 1.165) is 11.3 Å². The molecule has 0 fully saturated rings. The molecule has 1 amide bonds. The molecule has 110 valence electrons. The Morgan fingerprint density at radius 2 is 1.68 bits per heavy atom. The number of nitriles is 1. The second-order valence-corrected chi connectivity index (χ2v) is 4.68. The van der Waals surface area contributed by atoms with E-state index in [4.69, 9.17) is 5.26 Å². The zero-order chi connectivity index (χ0) is 15.9. The van der Waals surface area contributed by atoms with Crippen LogP contribution in [0.5, 0.6) is 5.75 Å². The number of nitrogens with zero attached hydrogens (tertiary/aromatic N) is 1. The van der Waals surface area contributed by atoms with Crippen molar-refractivity contribution < 1.29 is 9.90 Å². The van der Waals surface area contributed by atoms with Gasteiger partial charge in [-0.2, -0.15) is 5.26 Å². The fourth-order valence-electron chi connectivity index (χ4n) is 1.70. The summed E-state index contributed by atoms with van der Waals surface area (Å²) >= 11 is 0. The summed E-state index contributed by atoms with van der Waals surface area (Å²) < 4.78 is 0. The first kappa shape index (κ1) is 15.1. The molecule has 2 rings (SSSR count). The second-order valence-electron chi connectivity index (χ2n) is 4.68.